The molecule has 3 N–H and O–H groups in total. The number of hydrazine groups is 1. The smallest absolute Gasteiger partial charge is 0.216 e. The van der Waals surface area contributed by atoms with Gasteiger partial charge in [0.25, 0.3) is 0 Å². The Balaban J connectivity index is 1.89. The molecule has 0 radical (unpaired) electrons. The maximum Gasteiger partial charge on any atom is 0.216 e. The monoisotopic (exact) mass is 308 g/mol. The topological polar surface area (TPSA) is 117 Å². The molecule has 2 aromatic rings. The minimum absolute atomic E-state index is 0.363. The van der Waals surface area contributed by atoms with Crippen LogP contribution in [0, 0.1) is 0 Å². The van der Waals surface area contributed by atoms with Crippen molar-refractivity contribution in [3.63, 3.8) is 0 Å². The van der Waals surface area contributed by atoms with Crippen molar-refractivity contribution in [3.05, 3.63) is 6.33 Å². The lowest BCUT2D eigenvalue weighted by Gasteiger charge is -2.12. The average molecular weight is 308 g/mol. The van der Waals surface area contributed by atoms with E-state index in [4.69, 9.17) is 10.6 Å². The van der Waals surface area contributed by atoms with Gasteiger partial charge in [-0.1, -0.05) is 12.8 Å². The van der Waals surface area contributed by atoms with E-state index in [0.717, 1.165) is 12.8 Å². The molecule has 3 rings (SSSR count). The molecule has 0 aliphatic heterocycles. The zero-order chi connectivity index (χ0) is 14.7. The first-order valence-corrected chi connectivity index (χ1v) is 7.46. The van der Waals surface area contributed by atoms with Crippen LogP contribution in [-0.2, 0) is 0 Å². The molecule has 1 aliphatic rings. The van der Waals surface area contributed by atoms with Crippen LogP contribution in [0.25, 0.3) is 0 Å². The second-order valence-corrected chi connectivity index (χ2v) is 5.61. The number of tetrazole rings is 1. The number of nitrogens with two attached hydrogens (primary N) is 1. The molecule has 0 saturated heterocycles. The summed E-state index contributed by atoms with van der Waals surface area (Å²) < 4.78 is 7.19. The van der Waals surface area contributed by atoms with Crippen LogP contribution in [0.15, 0.2) is 16.5 Å². The Bertz CT molecular complexity index is 612. The fourth-order valence-electron chi connectivity index (χ4n) is 2.43. The van der Waals surface area contributed by atoms with Gasteiger partial charge in [-0.2, -0.15) is 0 Å². The second kappa shape index (κ2) is 6.22. The van der Waals surface area contributed by atoms with Crippen molar-refractivity contribution in [1.82, 2.24) is 30.2 Å². The number of nitrogen functional groups attached to an aromatic ring is 1. The Labute approximate surface area is 125 Å². The maximum atomic E-state index is 5.42. The van der Waals surface area contributed by atoms with Crippen LogP contribution in [0.3, 0.4) is 0 Å². The number of nitrogens with zero attached hydrogens (tertiary/aromatic N) is 6. The van der Waals surface area contributed by atoms with Gasteiger partial charge >= 0.3 is 0 Å². The quantitative estimate of drug-likeness (QED) is 0.474. The van der Waals surface area contributed by atoms with Crippen molar-refractivity contribution in [1.29, 1.82) is 0 Å². The van der Waals surface area contributed by atoms with Gasteiger partial charge in [0.1, 0.15) is 6.33 Å². The van der Waals surface area contributed by atoms with Gasteiger partial charge in [-0.15, -0.1) is 5.10 Å². The minimum Gasteiger partial charge on any atom is -0.490 e. The normalized spacial score (nSPS) is 15.3. The lowest BCUT2D eigenvalue weighted by atomic mass is 10.3. The van der Waals surface area contributed by atoms with Crippen LogP contribution < -0.4 is 16.0 Å². The average Bonchev–Trinajstić information content (AvgIpc) is 3.17. The zero-order valence-electron chi connectivity index (χ0n) is 11.6. The largest absolute Gasteiger partial charge is 0.490 e. The first kappa shape index (κ1) is 14.0. The molecular weight excluding hydrogens is 292 g/mol. The number of ether oxygens (including phenoxy) is 1. The molecule has 0 amide bonds. The van der Waals surface area contributed by atoms with Crippen molar-refractivity contribution < 1.29 is 4.74 Å². The molecule has 0 bridgehead atoms. The van der Waals surface area contributed by atoms with E-state index in [1.54, 1.807) is 7.11 Å². The van der Waals surface area contributed by atoms with Crippen LogP contribution in [-0.4, -0.2) is 37.3 Å². The molecule has 9 nitrogen and oxygen atoms in total. The number of aromatic nitrogens is 6. The highest BCUT2D eigenvalue weighted by Crippen LogP contribution is 2.37. The Morgan fingerprint density at radius 3 is 2.90 bits per heavy atom. The SMILES string of the molecule is COc1c(NN)ncnc1Sc1nnnn1C1CCCC1. The van der Waals surface area contributed by atoms with E-state index in [2.05, 4.69) is 30.9 Å². The third kappa shape index (κ3) is 2.76. The fraction of sp³-hybridized carbons (Fsp3) is 0.545. The molecule has 2 heterocycles. The molecule has 0 spiro atoms. The molecule has 0 atom stereocenters. The lowest BCUT2D eigenvalue weighted by Crippen LogP contribution is -2.11. The van der Waals surface area contributed by atoms with Crippen molar-refractivity contribution in [3.8, 4) is 5.75 Å². The predicted molar refractivity (Wildman–Crippen MR) is 75.8 cm³/mol. The van der Waals surface area contributed by atoms with E-state index < -0.39 is 0 Å². The van der Waals surface area contributed by atoms with Crippen LogP contribution in [0.5, 0.6) is 5.75 Å². The number of nitrogens with one attached hydrogen (secondary N) is 1. The van der Waals surface area contributed by atoms with Gasteiger partial charge in [-0.05, 0) is 35.0 Å². The summed E-state index contributed by atoms with van der Waals surface area (Å²) in [5, 5.41) is 13.3. The van der Waals surface area contributed by atoms with E-state index in [-0.39, 0.29) is 0 Å². The summed E-state index contributed by atoms with van der Waals surface area (Å²) in [4.78, 5) is 8.24. The maximum absolute atomic E-state index is 5.42. The van der Waals surface area contributed by atoms with Crippen LogP contribution in [0.2, 0.25) is 0 Å². The summed E-state index contributed by atoms with van der Waals surface area (Å²) in [5.41, 5.74) is 2.49. The first-order chi connectivity index (χ1) is 10.3. The minimum atomic E-state index is 0.363. The molecule has 1 fully saturated rings. The molecule has 21 heavy (non-hydrogen) atoms. The van der Waals surface area contributed by atoms with Gasteiger partial charge in [0.15, 0.2) is 16.6 Å². The molecule has 10 heteroatoms. The van der Waals surface area contributed by atoms with E-state index in [9.17, 15) is 0 Å². The lowest BCUT2D eigenvalue weighted by molar-refractivity contribution is 0.399. The number of rotatable bonds is 5. The predicted octanol–water partition coefficient (Wildman–Crippen LogP) is 1.02. The summed E-state index contributed by atoms with van der Waals surface area (Å²) in [6.07, 6.45) is 6.06. The number of hydrogen-bond acceptors (Lipinski definition) is 9. The number of hydrogen-bond donors (Lipinski definition) is 2. The Hall–Kier alpha value is -1.94. The van der Waals surface area contributed by atoms with E-state index in [1.807, 2.05) is 4.68 Å². The van der Waals surface area contributed by atoms with Crippen molar-refractivity contribution in [2.24, 2.45) is 5.84 Å². The van der Waals surface area contributed by atoms with Crippen LogP contribution >= 0.6 is 11.8 Å². The molecule has 112 valence electrons. The molecule has 2 aromatic heterocycles. The Kier molecular flexibility index (Phi) is 4.15. The molecule has 0 unspecified atom stereocenters. The highest BCUT2D eigenvalue weighted by molar-refractivity contribution is 7.99. The Morgan fingerprint density at radius 1 is 1.38 bits per heavy atom. The Morgan fingerprint density at radius 2 is 2.19 bits per heavy atom. The number of anilines is 1. The molecule has 0 aromatic carbocycles. The summed E-state index contributed by atoms with van der Waals surface area (Å²) >= 11 is 1.34. The highest BCUT2D eigenvalue weighted by Gasteiger charge is 2.23. The second-order valence-electron chi connectivity index (χ2n) is 4.65. The van der Waals surface area contributed by atoms with Gasteiger partial charge in [0, 0.05) is 0 Å². The highest BCUT2D eigenvalue weighted by atomic mass is 32.2. The van der Waals surface area contributed by atoms with Crippen LogP contribution in [0.4, 0.5) is 5.82 Å². The third-order valence-electron chi connectivity index (χ3n) is 3.43. The van der Waals surface area contributed by atoms with Crippen molar-refractivity contribution >= 4 is 17.6 Å². The zero-order valence-corrected chi connectivity index (χ0v) is 12.4. The molecule has 1 aliphatic carbocycles. The molecule has 1 saturated carbocycles. The summed E-state index contributed by atoms with van der Waals surface area (Å²) in [6, 6.07) is 0.363. The van der Waals surface area contributed by atoms with Gasteiger partial charge in [-0.3, -0.25) is 0 Å². The van der Waals surface area contributed by atoms with Gasteiger partial charge in [0.2, 0.25) is 5.16 Å². The summed E-state index contributed by atoms with van der Waals surface area (Å²) in [5.74, 6) is 6.33. The molecular formula is C11H16N8OS. The van der Waals surface area contributed by atoms with Crippen molar-refractivity contribution in [2.45, 2.75) is 41.9 Å². The number of methoxy groups -OCH3 is 1. The summed E-state index contributed by atoms with van der Waals surface area (Å²) in [7, 11) is 1.55. The fourth-order valence-corrected chi connectivity index (χ4v) is 3.34. The summed E-state index contributed by atoms with van der Waals surface area (Å²) in [6.45, 7) is 0. The van der Waals surface area contributed by atoms with E-state index in [0.29, 0.717) is 27.8 Å². The van der Waals surface area contributed by atoms with Gasteiger partial charge < -0.3 is 10.2 Å². The van der Waals surface area contributed by atoms with E-state index >= 15 is 0 Å². The third-order valence-corrected chi connectivity index (χ3v) is 4.37. The van der Waals surface area contributed by atoms with E-state index in [1.165, 1.54) is 30.9 Å². The van der Waals surface area contributed by atoms with Gasteiger partial charge in [-0.25, -0.2) is 20.5 Å². The van der Waals surface area contributed by atoms with Crippen LogP contribution in [0.1, 0.15) is 31.7 Å². The first-order valence-electron chi connectivity index (χ1n) is 6.64. The standard InChI is InChI=1S/C11H16N8OS/c1-20-8-9(15-12)13-6-14-10(8)21-11-16-17-18-19(11)7-4-2-3-5-7/h6-7H,2-5,12H2,1H3,(H,13,14,15). The van der Waals surface area contributed by atoms with Crippen molar-refractivity contribution in [2.75, 3.05) is 12.5 Å². The van der Waals surface area contributed by atoms with Gasteiger partial charge in [0.05, 0.1) is 13.2 Å².